The lowest BCUT2D eigenvalue weighted by Crippen LogP contribution is -2.51. The Morgan fingerprint density at radius 1 is 1.32 bits per heavy atom. The molecular formula is C16H21NO2. The Morgan fingerprint density at radius 3 is 2.47 bits per heavy atom. The Bertz CT molecular complexity index is 446. The molecule has 1 aliphatic rings. The third kappa shape index (κ3) is 2.65. The molecule has 102 valence electrons. The average molecular weight is 259 g/mol. The van der Waals surface area contributed by atoms with Gasteiger partial charge in [-0.1, -0.05) is 37.3 Å². The van der Waals surface area contributed by atoms with Crippen molar-refractivity contribution in [2.45, 2.75) is 38.2 Å². The van der Waals surface area contributed by atoms with E-state index in [1.807, 2.05) is 37.3 Å². The summed E-state index contributed by atoms with van der Waals surface area (Å²) < 4.78 is 5.35. The molecule has 0 aliphatic carbocycles. The van der Waals surface area contributed by atoms with Gasteiger partial charge >= 0.3 is 0 Å². The predicted molar refractivity (Wildman–Crippen MR) is 73.5 cm³/mol. The first-order valence-corrected chi connectivity index (χ1v) is 6.91. The van der Waals surface area contributed by atoms with E-state index in [0.717, 1.165) is 5.56 Å². The second-order valence-electron chi connectivity index (χ2n) is 5.35. The van der Waals surface area contributed by atoms with E-state index < -0.39 is 11.0 Å². The summed E-state index contributed by atoms with van der Waals surface area (Å²) in [5, 5.41) is 20.7. The fourth-order valence-electron chi connectivity index (χ4n) is 2.97. The summed E-state index contributed by atoms with van der Waals surface area (Å²) in [6, 6.07) is 12.3. The number of nitriles is 1. The molecule has 1 atom stereocenters. The van der Waals surface area contributed by atoms with Crippen LogP contribution in [0.5, 0.6) is 0 Å². The quantitative estimate of drug-likeness (QED) is 0.904. The van der Waals surface area contributed by atoms with Gasteiger partial charge in [-0.3, -0.25) is 0 Å². The fraction of sp³-hybridized carbons (Fsp3) is 0.562. The van der Waals surface area contributed by atoms with Gasteiger partial charge in [0, 0.05) is 19.6 Å². The summed E-state index contributed by atoms with van der Waals surface area (Å²) in [6.45, 7) is 3.08. The summed E-state index contributed by atoms with van der Waals surface area (Å²) in [4.78, 5) is 0. The van der Waals surface area contributed by atoms with Gasteiger partial charge in [-0.2, -0.15) is 5.26 Å². The van der Waals surface area contributed by atoms with Gasteiger partial charge in [0.25, 0.3) is 0 Å². The fourth-order valence-corrected chi connectivity index (χ4v) is 2.97. The molecule has 3 nitrogen and oxygen atoms in total. The van der Waals surface area contributed by atoms with Gasteiger partial charge in [-0.25, -0.2) is 0 Å². The highest BCUT2D eigenvalue weighted by Gasteiger charge is 2.50. The molecule has 0 amide bonds. The molecule has 0 spiro atoms. The maximum atomic E-state index is 11.1. The first kappa shape index (κ1) is 14.0. The highest BCUT2D eigenvalue weighted by molar-refractivity contribution is 5.22. The number of hydrogen-bond donors (Lipinski definition) is 1. The smallest absolute Gasteiger partial charge is 0.0907 e. The van der Waals surface area contributed by atoms with Crippen molar-refractivity contribution in [1.82, 2.24) is 0 Å². The molecule has 1 N–H and O–H groups in total. The monoisotopic (exact) mass is 259 g/mol. The largest absolute Gasteiger partial charge is 0.388 e. The third-order valence-corrected chi connectivity index (χ3v) is 4.38. The molecular weight excluding hydrogens is 238 g/mol. The van der Waals surface area contributed by atoms with Crippen LogP contribution in [0.3, 0.4) is 0 Å². The van der Waals surface area contributed by atoms with E-state index in [1.54, 1.807) is 0 Å². The molecule has 1 saturated heterocycles. The summed E-state index contributed by atoms with van der Waals surface area (Å²) in [5.74, 6) is 0. The minimum absolute atomic E-state index is 0.526. The molecule has 3 heteroatoms. The Kier molecular flexibility index (Phi) is 4.24. The van der Waals surface area contributed by atoms with Crippen molar-refractivity contribution in [2.75, 3.05) is 13.2 Å². The van der Waals surface area contributed by atoms with E-state index in [1.165, 1.54) is 0 Å². The predicted octanol–water partition coefficient (Wildman–Crippen LogP) is 2.69. The van der Waals surface area contributed by atoms with Crippen molar-refractivity contribution in [3.63, 3.8) is 0 Å². The van der Waals surface area contributed by atoms with Crippen molar-refractivity contribution >= 4 is 0 Å². The van der Waals surface area contributed by atoms with E-state index >= 15 is 0 Å². The third-order valence-electron chi connectivity index (χ3n) is 4.38. The van der Waals surface area contributed by atoms with Crippen molar-refractivity contribution in [3.8, 4) is 6.07 Å². The van der Waals surface area contributed by atoms with Crippen LogP contribution < -0.4 is 0 Å². The van der Waals surface area contributed by atoms with Crippen LogP contribution in [0.15, 0.2) is 30.3 Å². The number of nitrogens with zero attached hydrogens (tertiary/aromatic N) is 1. The first-order valence-electron chi connectivity index (χ1n) is 6.91. The van der Waals surface area contributed by atoms with Gasteiger partial charge in [0.05, 0.1) is 17.1 Å². The zero-order valence-corrected chi connectivity index (χ0v) is 11.4. The summed E-state index contributed by atoms with van der Waals surface area (Å²) in [6.07, 6.45) is 2.33. The highest BCUT2D eigenvalue weighted by Crippen LogP contribution is 2.44. The Balaban J connectivity index is 2.28. The van der Waals surface area contributed by atoms with E-state index in [4.69, 9.17) is 4.74 Å². The number of ether oxygens (including phenoxy) is 1. The molecule has 1 unspecified atom stereocenters. The van der Waals surface area contributed by atoms with Gasteiger partial charge in [-0.15, -0.1) is 0 Å². The van der Waals surface area contributed by atoms with Crippen LogP contribution in [-0.4, -0.2) is 23.9 Å². The topological polar surface area (TPSA) is 53.2 Å². The molecule has 0 saturated carbocycles. The Hall–Kier alpha value is -1.37. The maximum absolute atomic E-state index is 11.1. The molecule has 1 aliphatic heterocycles. The van der Waals surface area contributed by atoms with E-state index in [9.17, 15) is 10.4 Å². The van der Waals surface area contributed by atoms with E-state index in [2.05, 4.69) is 6.07 Å². The molecule has 2 rings (SSSR count). The van der Waals surface area contributed by atoms with E-state index in [-0.39, 0.29) is 0 Å². The van der Waals surface area contributed by atoms with Crippen molar-refractivity contribution in [1.29, 1.82) is 5.26 Å². The van der Waals surface area contributed by atoms with Crippen LogP contribution in [0.4, 0.5) is 0 Å². The SMILES string of the molecule is CCC(O)(Cc1ccccc1)C1(C#N)CCOCC1. The molecule has 1 aromatic rings. The van der Waals surface area contributed by atoms with Crippen molar-refractivity contribution in [3.05, 3.63) is 35.9 Å². The number of hydrogen-bond acceptors (Lipinski definition) is 3. The van der Waals surface area contributed by atoms with Crippen molar-refractivity contribution in [2.24, 2.45) is 5.41 Å². The number of benzene rings is 1. The first-order chi connectivity index (χ1) is 9.16. The molecule has 0 aromatic heterocycles. The van der Waals surface area contributed by atoms with Gasteiger partial charge in [0.15, 0.2) is 0 Å². The molecule has 1 aromatic carbocycles. The Labute approximate surface area is 114 Å². The van der Waals surface area contributed by atoms with Crippen LogP contribution in [0.25, 0.3) is 0 Å². The van der Waals surface area contributed by atoms with Crippen LogP contribution in [0, 0.1) is 16.7 Å². The van der Waals surface area contributed by atoms with Crippen LogP contribution >= 0.6 is 0 Å². The molecule has 1 fully saturated rings. The summed E-state index contributed by atoms with van der Waals surface area (Å²) in [7, 11) is 0. The lowest BCUT2D eigenvalue weighted by molar-refractivity contribution is -0.105. The lowest BCUT2D eigenvalue weighted by atomic mass is 9.64. The van der Waals surface area contributed by atoms with Crippen LogP contribution in [0.2, 0.25) is 0 Å². The molecule has 19 heavy (non-hydrogen) atoms. The minimum Gasteiger partial charge on any atom is -0.388 e. The Morgan fingerprint density at radius 2 is 1.95 bits per heavy atom. The lowest BCUT2D eigenvalue weighted by Gasteiger charge is -2.44. The maximum Gasteiger partial charge on any atom is 0.0907 e. The van der Waals surface area contributed by atoms with Gasteiger partial charge in [-0.05, 0) is 24.8 Å². The summed E-state index contributed by atoms with van der Waals surface area (Å²) in [5.41, 5.74) is -0.587. The molecule has 0 bridgehead atoms. The zero-order chi connectivity index (χ0) is 13.8. The van der Waals surface area contributed by atoms with Gasteiger partial charge in [0.1, 0.15) is 0 Å². The average Bonchev–Trinajstić information content (AvgIpc) is 2.48. The minimum atomic E-state index is -0.979. The van der Waals surface area contributed by atoms with Crippen LogP contribution in [-0.2, 0) is 11.2 Å². The molecule has 1 heterocycles. The number of rotatable bonds is 4. The van der Waals surface area contributed by atoms with E-state index in [0.29, 0.717) is 38.9 Å². The van der Waals surface area contributed by atoms with Gasteiger partial charge in [0.2, 0.25) is 0 Å². The summed E-state index contributed by atoms with van der Waals surface area (Å²) >= 11 is 0. The normalized spacial score (nSPS) is 21.3. The highest BCUT2D eigenvalue weighted by atomic mass is 16.5. The number of aliphatic hydroxyl groups is 1. The van der Waals surface area contributed by atoms with Crippen molar-refractivity contribution < 1.29 is 9.84 Å². The second kappa shape index (κ2) is 5.73. The van der Waals surface area contributed by atoms with Gasteiger partial charge < -0.3 is 9.84 Å². The van der Waals surface area contributed by atoms with Crippen LogP contribution in [0.1, 0.15) is 31.7 Å². The standard InChI is InChI=1S/C16H21NO2/c1-2-16(18,12-14-6-4-3-5-7-14)15(13-17)8-10-19-11-9-15/h3-7,18H,2,8-12H2,1H3. The zero-order valence-electron chi connectivity index (χ0n) is 11.4. The second-order valence-corrected chi connectivity index (χ2v) is 5.35. The molecule has 0 radical (unpaired) electrons.